The van der Waals surface area contributed by atoms with Crippen molar-refractivity contribution in [2.45, 2.75) is 13.0 Å². The number of rotatable bonds is 5. The maximum atomic E-state index is 12.4. The molecule has 0 aliphatic heterocycles. The number of pyridine rings is 1. The number of hydrogen-bond donors (Lipinski definition) is 0. The fraction of sp³-hybridized carbons (Fsp3) is 0.235. The fourth-order valence-corrected chi connectivity index (χ4v) is 2.14. The Kier molecular flexibility index (Phi) is 5.05. The second-order valence-electron chi connectivity index (χ2n) is 4.92. The van der Waals surface area contributed by atoms with Crippen molar-refractivity contribution < 1.29 is 4.79 Å². The van der Waals surface area contributed by atoms with Gasteiger partial charge in [0.05, 0.1) is 6.07 Å². The maximum absolute atomic E-state index is 12.4. The zero-order valence-corrected chi connectivity index (χ0v) is 11.9. The standard InChI is InChI=1S/C17H17N3O/c1-20(13-15-7-9-19-10-8-15)17(21)16(12-18)11-14-5-3-2-4-6-14/h2-10,16H,11,13H2,1H3. The monoisotopic (exact) mass is 279 g/mol. The summed E-state index contributed by atoms with van der Waals surface area (Å²) in [4.78, 5) is 17.9. The Labute approximate surface area is 124 Å². The van der Waals surface area contributed by atoms with Crippen LogP contribution in [0.25, 0.3) is 0 Å². The van der Waals surface area contributed by atoms with Crippen LogP contribution in [0.3, 0.4) is 0 Å². The third-order valence-electron chi connectivity index (χ3n) is 3.28. The molecule has 2 aromatic rings. The van der Waals surface area contributed by atoms with Crippen LogP contribution in [0.15, 0.2) is 54.9 Å². The molecular formula is C17H17N3O. The van der Waals surface area contributed by atoms with Crippen LogP contribution in [0, 0.1) is 17.2 Å². The van der Waals surface area contributed by atoms with E-state index in [0.29, 0.717) is 13.0 Å². The molecule has 1 atom stereocenters. The second kappa shape index (κ2) is 7.20. The van der Waals surface area contributed by atoms with E-state index in [9.17, 15) is 10.1 Å². The van der Waals surface area contributed by atoms with Crippen LogP contribution in [0.5, 0.6) is 0 Å². The van der Waals surface area contributed by atoms with Gasteiger partial charge in [0, 0.05) is 26.0 Å². The third kappa shape index (κ3) is 4.15. The molecule has 1 unspecified atom stereocenters. The Balaban J connectivity index is 2.01. The van der Waals surface area contributed by atoms with E-state index in [1.54, 1.807) is 24.3 Å². The summed E-state index contributed by atoms with van der Waals surface area (Å²) in [6.07, 6.45) is 3.83. The lowest BCUT2D eigenvalue weighted by molar-refractivity contribution is -0.132. The predicted molar refractivity (Wildman–Crippen MR) is 80.0 cm³/mol. The number of aromatic nitrogens is 1. The first kappa shape index (κ1) is 14.7. The largest absolute Gasteiger partial charge is 0.340 e. The minimum atomic E-state index is -0.653. The van der Waals surface area contributed by atoms with E-state index in [1.807, 2.05) is 42.5 Å². The molecule has 2 rings (SSSR count). The first-order chi connectivity index (χ1) is 10.2. The summed E-state index contributed by atoms with van der Waals surface area (Å²) in [5.41, 5.74) is 1.99. The molecule has 0 saturated carbocycles. The van der Waals surface area contributed by atoms with E-state index in [2.05, 4.69) is 11.1 Å². The highest BCUT2D eigenvalue weighted by molar-refractivity contribution is 5.81. The molecule has 0 bridgehead atoms. The van der Waals surface area contributed by atoms with Gasteiger partial charge in [-0.3, -0.25) is 9.78 Å². The first-order valence-corrected chi connectivity index (χ1v) is 6.78. The average molecular weight is 279 g/mol. The highest BCUT2D eigenvalue weighted by Gasteiger charge is 2.22. The number of carbonyl (C=O) groups excluding carboxylic acids is 1. The summed E-state index contributed by atoms with van der Waals surface area (Å²) in [7, 11) is 1.72. The topological polar surface area (TPSA) is 57.0 Å². The van der Waals surface area contributed by atoms with Crippen molar-refractivity contribution in [2.24, 2.45) is 5.92 Å². The normalized spacial score (nSPS) is 11.4. The van der Waals surface area contributed by atoms with Gasteiger partial charge in [0.1, 0.15) is 5.92 Å². The van der Waals surface area contributed by atoms with E-state index < -0.39 is 5.92 Å². The van der Waals surface area contributed by atoms with Crippen LogP contribution < -0.4 is 0 Å². The summed E-state index contributed by atoms with van der Waals surface area (Å²) >= 11 is 0. The minimum absolute atomic E-state index is 0.154. The van der Waals surface area contributed by atoms with Crippen molar-refractivity contribution in [2.75, 3.05) is 7.05 Å². The first-order valence-electron chi connectivity index (χ1n) is 6.78. The number of hydrogen-bond acceptors (Lipinski definition) is 3. The maximum Gasteiger partial charge on any atom is 0.240 e. The number of nitriles is 1. The highest BCUT2D eigenvalue weighted by Crippen LogP contribution is 2.12. The van der Waals surface area contributed by atoms with Gasteiger partial charge >= 0.3 is 0 Å². The molecule has 21 heavy (non-hydrogen) atoms. The van der Waals surface area contributed by atoms with Crippen LogP contribution in [0.2, 0.25) is 0 Å². The van der Waals surface area contributed by atoms with Crippen LogP contribution in [-0.2, 0) is 17.8 Å². The van der Waals surface area contributed by atoms with Gasteiger partial charge < -0.3 is 4.90 Å². The Bertz CT molecular complexity index is 619. The van der Waals surface area contributed by atoms with Gasteiger partial charge in [0.25, 0.3) is 0 Å². The van der Waals surface area contributed by atoms with Crippen LogP contribution in [0.1, 0.15) is 11.1 Å². The van der Waals surface area contributed by atoms with Gasteiger partial charge in [-0.25, -0.2) is 0 Å². The zero-order valence-electron chi connectivity index (χ0n) is 11.9. The SMILES string of the molecule is CN(Cc1ccncc1)C(=O)C(C#N)Cc1ccccc1. The number of amides is 1. The molecule has 0 N–H and O–H groups in total. The predicted octanol–water partition coefficient (Wildman–Crippen LogP) is 2.42. The van der Waals surface area contributed by atoms with Crippen molar-refractivity contribution >= 4 is 5.91 Å². The summed E-state index contributed by atoms with van der Waals surface area (Å²) in [5.74, 6) is -0.808. The molecule has 0 aliphatic rings. The van der Waals surface area contributed by atoms with Crippen molar-refractivity contribution in [3.63, 3.8) is 0 Å². The lowest BCUT2D eigenvalue weighted by Crippen LogP contribution is -2.33. The van der Waals surface area contributed by atoms with Gasteiger partial charge in [-0.1, -0.05) is 30.3 Å². The zero-order chi connectivity index (χ0) is 15.1. The van der Waals surface area contributed by atoms with E-state index in [1.165, 1.54) is 0 Å². The summed E-state index contributed by atoms with van der Waals surface area (Å²) in [5, 5.41) is 9.27. The van der Waals surface area contributed by atoms with Crippen molar-refractivity contribution in [3.05, 3.63) is 66.0 Å². The molecule has 1 aromatic carbocycles. The minimum Gasteiger partial charge on any atom is -0.340 e. The Morgan fingerprint density at radius 2 is 1.86 bits per heavy atom. The molecule has 0 spiro atoms. The van der Waals surface area contributed by atoms with Gasteiger partial charge in [0.2, 0.25) is 5.91 Å². The Morgan fingerprint density at radius 1 is 1.19 bits per heavy atom. The molecule has 0 radical (unpaired) electrons. The number of nitrogens with zero attached hydrogens (tertiary/aromatic N) is 3. The highest BCUT2D eigenvalue weighted by atomic mass is 16.2. The fourth-order valence-electron chi connectivity index (χ4n) is 2.14. The van der Waals surface area contributed by atoms with Crippen molar-refractivity contribution in [1.82, 2.24) is 9.88 Å². The van der Waals surface area contributed by atoms with Gasteiger partial charge in [-0.05, 0) is 29.7 Å². The van der Waals surface area contributed by atoms with Gasteiger partial charge in [-0.2, -0.15) is 5.26 Å². The molecule has 0 saturated heterocycles. The van der Waals surface area contributed by atoms with E-state index >= 15 is 0 Å². The molecule has 4 nitrogen and oxygen atoms in total. The molecule has 1 aromatic heterocycles. The summed E-state index contributed by atoms with van der Waals surface area (Å²) in [6.45, 7) is 0.480. The van der Waals surface area contributed by atoms with E-state index in [4.69, 9.17) is 0 Å². The molecule has 106 valence electrons. The number of carbonyl (C=O) groups is 1. The molecular weight excluding hydrogens is 262 g/mol. The van der Waals surface area contributed by atoms with Crippen LogP contribution in [-0.4, -0.2) is 22.8 Å². The van der Waals surface area contributed by atoms with E-state index in [-0.39, 0.29) is 5.91 Å². The molecule has 0 fully saturated rings. The second-order valence-corrected chi connectivity index (χ2v) is 4.92. The van der Waals surface area contributed by atoms with E-state index in [0.717, 1.165) is 11.1 Å². The summed E-state index contributed by atoms with van der Waals surface area (Å²) < 4.78 is 0. The van der Waals surface area contributed by atoms with Crippen molar-refractivity contribution in [1.29, 1.82) is 5.26 Å². The average Bonchev–Trinajstić information content (AvgIpc) is 2.54. The summed E-state index contributed by atoms with van der Waals surface area (Å²) in [6, 6.07) is 15.4. The molecule has 0 aliphatic carbocycles. The lowest BCUT2D eigenvalue weighted by atomic mass is 9.99. The van der Waals surface area contributed by atoms with Gasteiger partial charge in [0.15, 0.2) is 0 Å². The lowest BCUT2D eigenvalue weighted by Gasteiger charge is -2.20. The third-order valence-corrected chi connectivity index (χ3v) is 3.28. The van der Waals surface area contributed by atoms with Crippen LogP contribution in [0.4, 0.5) is 0 Å². The smallest absolute Gasteiger partial charge is 0.240 e. The molecule has 4 heteroatoms. The molecule has 1 amide bonds. The quantitative estimate of drug-likeness (QED) is 0.844. The molecule has 1 heterocycles. The number of benzene rings is 1. The van der Waals surface area contributed by atoms with Gasteiger partial charge in [-0.15, -0.1) is 0 Å². The Hall–Kier alpha value is -2.67. The van der Waals surface area contributed by atoms with Crippen molar-refractivity contribution in [3.8, 4) is 6.07 Å². The Morgan fingerprint density at radius 3 is 2.48 bits per heavy atom. The van der Waals surface area contributed by atoms with Crippen LogP contribution >= 0.6 is 0 Å².